The van der Waals surface area contributed by atoms with E-state index in [9.17, 15) is 14.3 Å². The van der Waals surface area contributed by atoms with Gasteiger partial charge in [-0.05, 0) is 51.1 Å². The van der Waals surface area contributed by atoms with E-state index in [1.165, 1.54) is 24.3 Å². The topological polar surface area (TPSA) is 40.5 Å². The van der Waals surface area contributed by atoms with Crippen molar-refractivity contribution in [1.82, 2.24) is 4.90 Å². The molecule has 1 aliphatic rings. The van der Waals surface area contributed by atoms with Crippen molar-refractivity contribution in [1.29, 1.82) is 0 Å². The van der Waals surface area contributed by atoms with Crippen molar-refractivity contribution in [2.75, 3.05) is 7.05 Å². The molecule has 0 aromatic heterocycles. The number of nitrogens with zero attached hydrogens (tertiary/aromatic N) is 1. The zero-order chi connectivity index (χ0) is 14.7. The Hall–Kier alpha value is -1.26. The fourth-order valence-electron chi connectivity index (χ4n) is 2.89. The lowest BCUT2D eigenvalue weighted by atomic mass is 9.90. The van der Waals surface area contributed by atoms with Crippen LogP contribution in [0.15, 0.2) is 24.3 Å². The number of carbonyl (C=O) groups excluding carboxylic acids is 1. The van der Waals surface area contributed by atoms with Gasteiger partial charge in [0.25, 0.3) is 0 Å². The Bertz CT molecular complexity index is 460. The quantitative estimate of drug-likeness (QED) is 0.861. The van der Waals surface area contributed by atoms with Gasteiger partial charge in [-0.1, -0.05) is 12.8 Å². The summed E-state index contributed by atoms with van der Waals surface area (Å²) in [5, 5.41) is 10.1. The monoisotopic (exact) mass is 279 g/mol. The molecule has 1 aromatic carbocycles. The minimum atomic E-state index is -0.364. The van der Waals surface area contributed by atoms with Gasteiger partial charge in [0, 0.05) is 11.6 Å². The Morgan fingerprint density at radius 2 is 1.90 bits per heavy atom. The summed E-state index contributed by atoms with van der Waals surface area (Å²) in [7, 11) is 1.88. The van der Waals surface area contributed by atoms with Gasteiger partial charge >= 0.3 is 0 Å². The van der Waals surface area contributed by atoms with Gasteiger partial charge in [0.05, 0.1) is 12.1 Å². The molecule has 3 nitrogen and oxygen atoms in total. The summed E-state index contributed by atoms with van der Waals surface area (Å²) in [5.74, 6) is -0.379. The minimum Gasteiger partial charge on any atom is -0.391 e. The van der Waals surface area contributed by atoms with E-state index in [2.05, 4.69) is 0 Å². The van der Waals surface area contributed by atoms with Crippen LogP contribution in [0.1, 0.15) is 43.0 Å². The third kappa shape index (κ3) is 3.25. The normalized spacial score (nSPS) is 24.6. The van der Waals surface area contributed by atoms with Gasteiger partial charge in [-0.3, -0.25) is 9.69 Å². The molecule has 4 heteroatoms. The molecule has 1 aliphatic carbocycles. The molecular weight excluding hydrogens is 257 g/mol. The first-order valence-corrected chi connectivity index (χ1v) is 7.20. The molecule has 3 atom stereocenters. The lowest BCUT2D eigenvalue weighted by molar-refractivity contribution is 0.0171. The zero-order valence-electron chi connectivity index (χ0n) is 12.1. The molecule has 0 spiro atoms. The standard InChI is InChI=1S/C16H22FNO2/c1-11(16(20)12-7-9-13(17)10-8-12)18(2)14-5-3-4-6-15(14)19/h7-11,14-15,19H,3-6H2,1-2H3. The molecule has 0 bridgehead atoms. The lowest BCUT2D eigenvalue weighted by Gasteiger charge is -2.38. The van der Waals surface area contributed by atoms with Crippen LogP contribution in [0.5, 0.6) is 0 Å². The molecule has 0 radical (unpaired) electrons. The number of benzene rings is 1. The van der Waals surface area contributed by atoms with Crippen LogP contribution in [-0.2, 0) is 0 Å². The van der Waals surface area contributed by atoms with E-state index in [-0.39, 0.29) is 29.8 Å². The van der Waals surface area contributed by atoms with Crippen molar-refractivity contribution < 1.29 is 14.3 Å². The smallest absolute Gasteiger partial charge is 0.179 e. The van der Waals surface area contributed by atoms with E-state index < -0.39 is 0 Å². The van der Waals surface area contributed by atoms with Crippen LogP contribution in [0.3, 0.4) is 0 Å². The average molecular weight is 279 g/mol. The number of hydrogen-bond donors (Lipinski definition) is 1. The zero-order valence-corrected chi connectivity index (χ0v) is 12.1. The van der Waals surface area contributed by atoms with Gasteiger partial charge in [0.2, 0.25) is 0 Å². The van der Waals surface area contributed by atoms with Crippen LogP contribution in [-0.4, -0.2) is 41.0 Å². The predicted octanol–water partition coefficient (Wildman–Crippen LogP) is 2.63. The first-order chi connectivity index (χ1) is 9.50. The number of aliphatic hydroxyl groups is 1. The maximum absolute atomic E-state index is 12.9. The van der Waals surface area contributed by atoms with Crippen molar-refractivity contribution in [3.8, 4) is 0 Å². The molecule has 1 aromatic rings. The molecule has 110 valence electrons. The van der Waals surface area contributed by atoms with Crippen molar-refractivity contribution in [2.45, 2.75) is 50.8 Å². The fraction of sp³-hybridized carbons (Fsp3) is 0.562. The highest BCUT2D eigenvalue weighted by atomic mass is 19.1. The fourth-order valence-corrected chi connectivity index (χ4v) is 2.89. The van der Waals surface area contributed by atoms with Gasteiger partial charge in [-0.25, -0.2) is 4.39 Å². The van der Waals surface area contributed by atoms with Crippen LogP contribution in [0.4, 0.5) is 4.39 Å². The van der Waals surface area contributed by atoms with Crippen LogP contribution < -0.4 is 0 Å². The Morgan fingerprint density at radius 3 is 2.50 bits per heavy atom. The summed E-state index contributed by atoms with van der Waals surface area (Å²) in [6.07, 6.45) is 3.48. The maximum atomic E-state index is 12.9. The molecule has 1 saturated carbocycles. The number of rotatable bonds is 4. The second kappa shape index (κ2) is 6.46. The summed E-state index contributed by atoms with van der Waals surface area (Å²) in [6.45, 7) is 1.84. The predicted molar refractivity (Wildman–Crippen MR) is 76.2 cm³/mol. The Balaban J connectivity index is 2.07. The summed E-state index contributed by atoms with van der Waals surface area (Å²) < 4.78 is 12.9. The van der Waals surface area contributed by atoms with E-state index in [1.807, 2.05) is 18.9 Å². The first kappa shape index (κ1) is 15.1. The number of carbonyl (C=O) groups is 1. The second-order valence-corrected chi connectivity index (χ2v) is 5.63. The van der Waals surface area contributed by atoms with Crippen LogP contribution in [0.2, 0.25) is 0 Å². The molecule has 2 rings (SSSR count). The van der Waals surface area contributed by atoms with E-state index in [1.54, 1.807) is 0 Å². The number of Topliss-reactive ketones (excluding diaryl/α,β-unsaturated/α-hetero) is 1. The Morgan fingerprint density at radius 1 is 1.30 bits per heavy atom. The van der Waals surface area contributed by atoms with Crippen molar-refractivity contribution in [3.05, 3.63) is 35.6 Å². The van der Waals surface area contributed by atoms with Crippen LogP contribution in [0, 0.1) is 5.82 Å². The number of hydrogen-bond acceptors (Lipinski definition) is 3. The summed E-state index contributed by atoms with van der Waals surface area (Å²) in [5.41, 5.74) is 0.510. The average Bonchev–Trinajstić information content (AvgIpc) is 2.46. The molecule has 20 heavy (non-hydrogen) atoms. The molecule has 1 N–H and O–H groups in total. The van der Waals surface area contributed by atoms with Crippen LogP contribution >= 0.6 is 0 Å². The SMILES string of the molecule is CC(C(=O)c1ccc(F)cc1)N(C)C1CCCCC1O. The van der Waals surface area contributed by atoms with Crippen molar-refractivity contribution >= 4 is 5.78 Å². The van der Waals surface area contributed by atoms with Crippen molar-refractivity contribution in [3.63, 3.8) is 0 Å². The van der Waals surface area contributed by atoms with E-state index in [4.69, 9.17) is 0 Å². The van der Waals surface area contributed by atoms with Gasteiger partial charge in [0.1, 0.15) is 5.82 Å². The number of ketones is 1. The first-order valence-electron chi connectivity index (χ1n) is 7.20. The summed E-state index contributed by atoms with van der Waals surface area (Å²) >= 11 is 0. The highest BCUT2D eigenvalue weighted by Crippen LogP contribution is 2.24. The molecule has 0 saturated heterocycles. The number of halogens is 1. The highest BCUT2D eigenvalue weighted by Gasteiger charge is 2.31. The third-order valence-electron chi connectivity index (χ3n) is 4.34. The molecule has 0 aliphatic heterocycles. The van der Waals surface area contributed by atoms with Gasteiger partial charge in [0.15, 0.2) is 5.78 Å². The summed E-state index contributed by atoms with van der Waals surface area (Å²) in [4.78, 5) is 14.4. The number of aliphatic hydroxyl groups excluding tert-OH is 1. The largest absolute Gasteiger partial charge is 0.391 e. The van der Waals surface area contributed by atoms with E-state index in [0.717, 1.165) is 25.7 Å². The van der Waals surface area contributed by atoms with Crippen molar-refractivity contribution in [2.24, 2.45) is 0 Å². The van der Waals surface area contributed by atoms with Crippen LogP contribution in [0.25, 0.3) is 0 Å². The van der Waals surface area contributed by atoms with E-state index >= 15 is 0 Å². The van der Waals surface area contributed by atoms with Gasteiger partial charge in [-0.2, -0.15) is 0 Å². The highest BCUT2D eigenvalue weighted by molar-refractivity contribution is 5.99. The van der Waals surface area contributed by atoms with E-state index in [0.29, 0.717) is 5.56 Å². The Kier molecular flexibility index (Phi) is 4.89. The molecular formula is C16H22FNO2. The minimum absolute atomic E-state index is 0.0307. The van der Waals surface area contributed by atoms with Gasteiger partial charge in [-0.15, -0.1) is 0 Å². The molecule has 1 fully saturated rings. The molecule has 3 unspecified atom stereocenters. The summed E-state index contributed by atoms with van der Waals surface area (Å²) in [6, 6.07) is 5.34. The maximum Gasteiger partial charge on any atom is 0.179 e. The molecule has 0 heterocycles. The Labute approximate surface area is 119 Å². The second-order valence-electron chi connectivity index (χ2n) is 5.63. The number of likely N-dealkylation sites (N-methyl/N-ethyl adjacent to an activating group) is 1. The lowest BCUT2D eigenvalue weighted by Crippen LogP contribution is -2.49. The van der Waals surface area contributed by atoms with Gasteiger partial charge < -0.3 is 5.11 Å². The molecule has 0 amide bonds. The third-order valence-corrected chi connectivity index (χ3v) is 4.34.